The van der Waals surface area contributed by atoms with E-state index in [2.05, 4.69) is 36.7 Å². The van der Waals surface area contributed by atoms with Crippen LogP contribution < -0.4 is 15.8 Å². The molecule has 0 radical (unpaired) electrons. The second kappa shape index (κ2) is 9.77. The molecule has 166 valence electrons. The highest BCUT2D eigenvalue weighted by atomic mass is 16.5. The van der Waals surface area contributed by atoms with E-state index in [-0.39, 0.29) is 6.04 Å². The minimum atomic E-state index is -0.447. The van der Waals surface area contributed by atoms with Gasteiger partial charge in [0.05, 0.1) is 30.1 Å². The SMILES string of the molecule is CCCOc1ccc2c(N)c(-c3ccc(NC(=O)OCC(C)C)cc3)n(C(C)C)c2c1. The minimum absolute atomic E-state index is 0.208. The predicted octanol–water partition coefficient (Wildman–Crippen LogP) is 6.46. The Hall–Kier alpha value is -3.15. The van der Waals surface area contributed by atoms with Gasteiger partial charge in [0.2, 0.25) is 0 Å². The molecule has 0 bridgehead atoms. The van der Waals surface area contributed by atoms with Gasteiger partial charge < -0.3 is 19.8 Å². The number of anilines is 2. The molecule has 0 spiro atoms. The molecule has 0 aliphatic rings. The lowest BCUT2D eigenvalue weighted by atomic mass is 10.1. The van der Waals surface area contributed by atoms with Crippen LogP contribution in [0.3, 0.4) is 0 Å². The molecule has 1 amide bonds. The summed E-state index contributed by atoms with van der Waals surface area (Å²) in [5.74, 6) is 1.14. The molecule has 1 aromatic heterocycles. The Balaban J connectivity index is 1.93. The van der Waals surface area contributed by atoms with Gasteiger partial charge in [-0.1, -0.05) is 32.9 Å². The molecule has 0 aliphatic carbocycles. The summed E-state index contributed by atoms with van der Waals surface area (Å²) in [4.78, 5) is 11.9. The Bertz CT molecular complexity index is 1040. The van der Waals surface area contributed by atoms with E-state index < -0.39 is 6.09 Å². The van der Waals surface area contributed by atoms with Crippen LogP contribution in [0.25, 0.3) is 22.2 Å². The second-order valence-corrected chi connectivity index (χ2v) is 8.45. The Morgan fingerprint density at radius 1 is 1.10 bits per heavy atom. The van der Waals surface area contributed by atoms with Gasteiger partial charge in [0.25, 0.3) is 0 Å². The molecule has 31 heavy (non-hydrogen) atoms. The van der Waals surface area contributed by atoms with Crippen LogP contribution in [-0.4, -0.2) is 23.9 Å². The third kappa shape index (κ3) is 5.13. The Morgan fingerprint density at radius 3 is 2.42 bits per heavy atom. The van der Waals surface area contributed by atoms with Gasteiger partial charge in [-0.05, 0) is 50.5 Å². The zero-order valence-electron chi connectivity index (χ0n) is 19.1. The normalized spacial score (nSPS) is 11.3. The number of ether oxygens (including phenoxy) is 2. The Kier molecular flexibility index (Phi) is 7.10. The lowest BCUT2D eigenvalue weighted by Crippen LogP contribution is -2.16. The fourth-order valence-corrected chi connectivity index (χ4v) is 3.56. The van der Waals surface area contributed by atoms with Crippen LogP contribution in [0.1, 0.15) is 47.1 Å². The molecule has 6 nitrogen and oxygen atoms in total. The molecule has 0 fully saturated rings. The van der Waals surface area contributed by atoms with Gasteiger partial charge >= 0.3 is 6.09 Å². The first-order valence-electron chi connectivity index (χ1n) is 10.9. The van der Waals surface area contributed by atoms with Crippen LogP contribution >= 0.6 is 0 Å². The quantitative estimate of drug-likeness (QED) is 0.435. The zero-order valence-corrected chi connectivity index (χ0v) is 19.1. The highest BCUT2D eigenvalue weighted by molar-refractivity contribution is 6.01. The van der Waals surface area contributed by atoms with Crippen molar-refractivity contribution >= 4 is 28.4 Å². The molecule has 1 heterocycles. The van der Waals surface area contributed by atoms with Crippen molar-refractivity contribution in [3.8, 4) is 17.0 Å². The number of nitrogens with zero attached hydrogens (tertiary/aromatic N) is 1. The summed E-state index contributed by atoms with van der Waals surface area (Å²) in [7, 11) is 0. The molecule has 3 N–H and O–H groups in total. The van der Waals surface area contributed by atoms with Gasteiger partial charge in [-0.15, -0.1) is 0 Å². The van der Waals surface area contributed by atoms with Crippen molar-refractivity contribution in [1.29, 1.82) is 0 Å². The van der Waals surface area contributed by atoms with Gasteiger partial charge in [-0.2, -0.15) is 0 Å². The van der Waals surface area contributed by atoms with E-state index in [1.54, 1.807) is 0 Å². The van der Waals surface area contributed by atoms with E-state index in [4.69, 9.17) is 15.2 Å². The Morgan fingerprint density at radius 2 is 1.81 bits per heavy atom. The number of hydrogen-bond acceptors (Lipinski definition) is 4. The van der Waals surface area contributed by atoms with E-state index in [1.807, 2.05) is 50.2 Å². The fourth-order valence-electron chi connectivity index (χ4n) is 3.56. The van der Waals surface area contributed by atoms with Crippen molar-refractivity contribution < 1.29 is 14.3 Å². The molecule has 0 aliphatic heterocycles. The van der Waals surface area contributed by atoms with E-state index in [0.29, 0.717) is 24.8 Å². The maximum Gasteiger partial charge on any atom is 0.411 e. The summed E-state index contributed by atoms with van der Waals surface area (Å²) in [5, 5.41) is 3.77. The summed E-state index contributed by atoms with van der Waals surface area (Å²) in [6, 6.07) is 13.9. The number of nitrogen functional groups attached to an aromatic ring is 1. The number of hydrogen-bond donors (Lipinski definition) is 2. The number of amides is 1. The first kappa shape index (κ1) is 22.5. The third-order valence-corrected chi connectivity index (χ3v) is 4.96. The monoisotopic (exact) mass is 423 g/mol. The molecule has 0 atom stereocenters. The average Bonchev–Trinajstić information content (AvgIpc) is 3.03. The molecular formula is C25H33N3O3. The number of carbonyl (C=O) groups excluding carboxylic acids is 1. The smallest absolute Gasteiger partial charge is 0.411 e. The van der Waals surface area contributed by atoms with E-state index in [1.165, 1.54) is 0 Å². The molecule has 6 heteroatoms. The van der Waals surface area contributed by atoms with Gasteiger partial charge in [-0.25, -0.2) is 4.79 Å². The largest absolute Gasteiger partial charge is 0.494 e. The van der Waals surface area contributed by atoms with Crippen LogP contribution in [-0.2, 0) is 4.74 Å². The maximum absolute atomic E-state index is 11.9. The van der Waals surface area contributed by atoms with Crippen molar-refractivity contribution in [2.45, 2.75) is 47.1 Å². The van der Waals surface area contributed by atoms with Crippen molar-refractivity contribution in [2.24, 2.45) is 5.92 Å². The number of fused-ring (bicyclic) bond motifs is 1. The van der Waals surface area contributed by atoms with Crippen molar-refractivity contribution in [2.75, 3.05) is 24.3 Å². The number of nitrogens with two attached hydrogens (primary N) is 1. The first-order valence-corrected chi connectivity index (χ1v) is 10.9. The highest BCUT2D eigenvalue weighted by Crippen LogP contribution is 2.40. The Labute approximate surface area is 184 Å². The molecule has 0 saturated carbocycles. The molecule has 2 aromatic carbocycles. The van der Waals surface area contributed by atoms with Gasteiger partial charge in [0.15, 0.2) is 0 Å². The highest BCUT2D eigenvalue weighted by Gasteiger charge is 2.19. The molecule has 0 unspecified atom stereocenters. The minimum Gasteiger partial charge on any atom is -0.494 e. The molecule has 0 saturated heterocycles. The van der Waals surface area contributed by atoms with Crippen LogP contribution in [0.4, 0.5) is 16.2 Å². The summed E-state index contributed by atoms with van der Waals surface area (Å²) >= 11 is 0. The van der Waals surface area contributed by atoms with E-state index in [9.17, 15) is 4.79 Å². The van der Waals surface area contributed by atoms with Gasteiger partial charge in [0.1, 0.15) is 5.75 Å². The zero-order chi connectivity index (χ0) is 22.5. The summed E-state index contributed by atoms with van der Waals surface area (Å²) in [5.41, 5.74) is 11.0. The van der Waals surface area contributed by atoms with Crippen molar-refractivity contribution in [1.82, 2.24) is 4.57 Å². The number of aromatic nitrogens is 1. The fraction of sp³-hybridized carbons (Fsp3) is 0.400. The second-order valence-electron chi connectivity index (χ2n) is 8.45. The third-order valence-electron chi connectivity index (χ3n) is 4.96. The van der Waals surface area contributed by atoms with E-state index >= 15 is 0 Å². The molecule has 3 aromatic rings. The summed E-state index contributed by atoms with van der Waals surface area (Å²) in [6.07, 6.45) is 0.513. The predicted molar refractivity (Wildman–Crippen MR) is 128 cm³/mol. The standard InChI is InChI=1S/C25H33N3O3/c1-6-13-30-20-11-12-21-22(14-20)28(17(4)5)24(23(21)26)18-7-9-19(10-8-18)27-25(29)31-15-16(2)3/h7-12,14,16-17H,6,13,15,26H2,1-5H3,(H,27,29). The van der Waals surface area contributed by atoms with E-state index in [0.717, 1.165) is 40.0 Å². The molecular weight excluding hydrogens is 390 g/mol. The van der Waals surface area contributed by atoms with Crippen molar-refractivity contribution in [3.63, 3.8) is 0 Å². The lowest BCUT2D eigenvalue weighted by Gasteiger charge is -2.16. The molecule has 3 rings (SSSR count). The van der Waals surface area contributed by atoms with Crippen LogP contribution in [0.2, 0.25) is 0 Å². The number of benzene rings is 2. The number of rotatable bonds is 8. The first-order chi connectivity index (χ1) is 14.8. The average molecular weight is 424 g/mol. The van der Waals surface area contributed by atoms with Crippen molar-refractivity contribution in [3.05, 3.63) is 42.5 Å². The van der Waals surface area contributed by atoms with Crippen LogP contribution in [0.15, 0.2) is 42.5 Å². The summed E-state index contributed by atoms with van der Waals surface area (Å²) < 4.78 is 13.3. The van der Waals surface area contributed by atoms with Crippen LogP contribution in [0, 0.1) is 5.92 Å². The van der Waals surface area contributed by atoms with Gasteiger partial charge in [0, 0.05) is 28.7 Å². The number of nitrogens with one attached hydrogen (secondary N) is 1. The topological polar surface area (TPSA) is 78.5 Å². The summed E-state index contributed by atoms with van der Waals surface area (Å²) in [6.45, 7) is 11.4. The van der Waals surface area contributed by atoms with Crippen LogP contribution in [0.5, 0.6) is 5.75 Å². The maximum atomic E-state index is 11.9. The lowest BCUT2D eigenvalue weighted by molar-refractivity contribution is 0.147. The van der Waals surface area contributed by atoms with Gasteiger partial charge in [-0.3, -0.25) is 5.32 Å². The number of carbonyl (C=O) groups is 1.